The minimum atomic E-state index is 1.32. The zero-order valence-electron chi connectivity index (χ0n) is 12.6. The largest absolute Gasteiger partial charge is 0.0683 e. The maximum absolute atomic E-state index is 2.19. The normalized spacial score (nSPS) is 8.56. The smallest absolute Gasteiger partial charge is 0.0398 e. The highest BCUT2D eigenvalue weighted by molar-refractivity contribution is 5.27. The third-order valence-corrected chi connectivity index (χ3v) is 2.31. The molecule has 0 radical (unpaired) electrons. The van der Waals surface area contributed by atoms with Gasteiger partial charge in [0.05, 0.1) is 0 Å². The second-order valence-electron chi connectivity index (χ2n) is 4.32. The van der Waals surface area contributed by atoms with Gasteiger partial charge in [-0.25, -0.2) is 0 Å². The van der Waals surface area contributed by atoms with E-state index < -0.39 is 0 Å². The molecule has 0 aliphatic rings. The number of hydrogen-bond acceptors (Lipinski definition) is 0. The van der Waals surface area contributed by atoms with Crippen LogP contribution in [0.15, 0.2) is 48.5 Å². The SMILES string of the molecule is CC.Cc1cc(C)cc(C)c1.Cc1ccccc1. The molecule has 0 amide bonds. The third-order valence-electron chi connectivity index (χ3n) is 2.31. The summed E-state index contributed by atoms with van der Waals surface area (Å²) in [5.41, 5.74) is 5.38. The van der Waals surface area contributed by atoms with E-state index in [9.17, 15) is 0 Å². The molecule has 0 saturated carbocycles. The molecule has 0 heteroatoms. The van der Waals surface area contributed by atoms with Gasteiger partial charge in [0, 0.05) is 0 Å². The first kappa shape index (κ1) is 16.4. The van der Waals surface area contributed by atoms with E-state index >= 15 is 0 Å². The summed E-state index contributed by atoms with van der Waals surface area (Å²) in [4.78, 5) is 0. The Bertz CT molecular complexity index is 377. The van der Waals surface area contributed by atoms with Crippen LogP contribution in [0.1, 0.15) is 36.1 Å². The summed E-state index contributed by atoms with van der Waals surface area (Å²) < 4.78 is 0. The predicted octanol–water partition coefficient (Wildman–Crippen LogP) is 5.63. The minimum Gasteiger partial charge on any atom is -0.0683 e. The summed E-state index contributed by atoms with van der Waals surface area (Å²) in [5.74, 6) is 0. The van der Waals surface area contributed by atoms with E-state index in [-0.39, 0.29) is 0 Å². The van der Waals surface area contributed by atoms with Crippen LogP contribution in [-0.4, -0.2) is 0 Å². The Labute approximate surface area is 113 Å². The lowest BCUT2D eigenvalue weighted by Crippen LogP contribution is -1.78. The molecule has 0 saturated heterocycles. The average molecular weight is 242 g/mol. The fourth-order valence-corrected chi connectivity index (χ4v) is 1.74. The van der Waals surface area contributed by atoms with Crippen LogP contribution in [0.4, 0.5) is 0 Å². The first-order valence-corrected chi connectivity index (χ1v) is 6.64. The lowest BCUT2D eigenvalue weighted by molar-refractivity contribution is 1.32. The summed E-state index contributed by atoms with van der Waals surface area (Å²) in [7, 11) is 0. The van der Waals surface area contributed by atoms with Crippen molar-refractivity contribution in [3.63, 3.8) is 0 Å². The molecule has 0 aliphatic heterocycles. The molecule has 2 aromatic rings. The van der Waals surface area contributed by atoms with Crippen molar-refractivity contribution < 1.29 is 0 Å². The Kier molecular flexibility index (Phi) is 8.65. The quantitative estimate of drug-likeness (QED) is 0.561. The van der Waals surface area contributed by atoms with Crippen LogP contribution in [0.5, 0.6) is 0 Å². The first-order chi connectivity index (χ1) is 8.58. The molecule has 0 unspecified atom stereocenters. The fraction of sp³-hybridized carbons (Fsp3) is 0.333. The van der Waals surface area contributed by atoms with E-state index in [4.69, 9.17) is 0 Å². The van der Waals surface area contributed by atoms with E-state index in [1.807, 2.05) is 32.0 Å². The van der Waals surface area contributed by atoms with Gasteiger partial charge in [-0.15, -0.1) is 0 Å². The molecule has 0 N–H and O–H groups in total. The van der Waals surface area contributed by atoms with Crippen molar-refractivity contribution in [1.82, 2.24) is 0 Å². The van der Waals surface area contributed by atoms with Gasteiger partial charge in [-0.05, 0) is 27.7 Å². The van der Waals surface area contributed by atoms with Crippen LogP contribution >= 0.6 is 0 Å². The molecular formula is C18H26. The summed E-state index contributed by atoms with van der Waals surface area (Å²) >= 11 is 0. The molecule has 0 fully saturated rings. The van der Waals surface area contributed by atoms with Crippen molar-refractivity contribution >= 4 is 0 Å². The number of hydrogen-bond donors (Lipinski definition) is 0. The van der Waals surface area contributed by atoms with Crippen LogP contribution in [0.2, 0.25) is 0 Å². The zero-order chi connectivity index (χ0) is 14.0. The Hall–Kier alpha value is -1.56. The Morgan fingerprint density at radius 2 is 0.833 bits per heavy atom. The minimum absolute atomic E-state index is 1.32. The van der Waals surface area contributed by atoms with Crippen LogP contribution in [0.3, 0.4) is 0 Å². The molecule has 2 aromatic carbocycles. The molecule has 2 rings (SSSR count). The van der Waals surface area contributed by atoms with Gasteiger partial charge in [-0.3, -0.25) is 0 Å². The molecule has 0 spiro atoms. The van der Waals surface area contributed by atoms with Gasteiger partial charge in [0.25, 0.3) is 0 Å². The van der Waals surface area contributed by atoms with Gasteiger partial charge in [0.2, 0.25) is 0 Å². The highest BCUT2D eigenvalue weighted by Crippen LogP contribution is 2.06. The number of aryl methyl sites for hydroxylation is 4. The monoisotopic (exact) mass is 242 g/mol. The van der Waals surface area contributed by atoms with E-state index in [0.717, 1.165) is 0 Å². The Morgan fingerprint density at radius 1 is 0.500 bits per heavy atom. The highest BCUT2D eigenvalue weighted by atomic mass is 13.9. The van der Waals surface area contributed by atoms with Crippen LogP contribution in [0, 0.1) is 27.7 Å². The van der Waals surface area contributed by atoms with Crippen LogP contribution in [0.25, 0.3) is 0 Å². The van der Waals surface area contributed by atoms with Crippen molar-refractivity contribution in [2.24, 2.45) is 0 Å². The predicted molar refractivity (Wildman–Crippen MR) is 83.2 cm³/mol. The van der Waals surface area contributed by atoms with Gasteiger partial charge in [0.15, 0.2) is 0 Å². The van der Waals surface area contributed by atoms with Crippen molar-refractivity contribution in [1.29, 1.82) is 0 Å². The summed E-state index contributed by atoms with van der Waals surface area (Å²) in [5, 5.41) is 0. The number of rotatable bonds is 0. The van der Waals surface area contributed by atoms with Gasteiger partial charge in [-0.1, -0.05) is 84.6 Å². The van der Waals surface area contributed by atoms with E-state index in [0.29, 0.717) is 0 Å². The third kappa shape index (κ3) is 7.67. The molecule has 18 heavy (non-hydrogen) atoms. The van der Waals surface area contributed by atoms with Crippen molar-refractivity contribution in [2.75, 3.05) is 0 Å². The average Bonchev–Trinajstić information content (AvgIpc) is 2.31. The van der Waals surface area contributed by atoms with E-state index in [1.54, 1.807) is 0 Å². The molecule has 0 aliphatic carbocycles. The Morgan fingerprint density at radius 3 is 1.06 bits per heavy atom. The van der Waals surface area contributed by atoms with Crippen molar-refractivity contribution in [3.05, 3.63) is 70.8 Å². The van der Waals surface area contributed by atoms with Crippen LogP contribution in [-0.2, 0) is 0 Å². The second kappa shape index (κ2) is 9.47. The Balaban J connectivity index is 0.000000289. The molecule has 0 atom stereocenters. The van der Waals surface area contributed by atoms with E-state index in [1.165, 1.54) is 22.3 Å². The second-order valence-corrected chi connectivity index (χ2v) is 4.32. The topological polar surface area (TPSA) is 0 Å². The first-order valence-electron chi connectivity index (χ1n) is 6.64. The standard InChI is InChI=1S/C9H12.C7H8.C2H6/c1-7-4-8(2)6-9(3)5-7;1-7-5-3-2-4-6-7;1-2/h4-6H,1-3H3;2-6H,1H3;1-2H3. The molecule has 0 heterocycles. The lowest BCUT2D eigenvalue weighted by Gasteiger charge is -1.96. The molecule has 0 nitrogen and oxygen atoms in total. The molecule has 0 bridgehead atoms. The molecular weight excluding hydrogens is 216 g/mol. The van der Waals surface area contributed by atoms with Crippen LogP contribution < -0.4 is 0 Å². The zero-order valence-corrected chi connectivity index (χ0v) is 12.6. The van der Waals surface area contributed by atoms with Gasteiger partial charge >= 0.3 is 0 Å². The van der Waals surface area contributed by atoms with Gasteiger partial charge in [0.1, 0.15) is 0 Å². The summed E-state index contributed by atoms with van der Waals surface area (Å²) in [6, 6.07) is 16.8. The van der Waals surface area contributed by atoms with Gasteiger partial charge < -0.3 is 0 Å². The molecule has 98 valence electrons. The highest BCUT2D eigenvalue weighted by Gasteiger charge is 1.87. The maximum atomic E-state index is 2.19. The molecule has 0 aromatic heterocycles. The summed E-state index contributed by atoms with van der Waals surface area (Å²) in [6.07, 6.45) is 0. The maximum Gasteiger partial charge on any atom is -0.0398 e. The lowest BCUT2D eigenvalue weighted by atomic mass is 10.1. The van der Waals surface area contributed by atoms with Crippen molar-refractivity contribution in [3.8, 4) is 0 Å². The fourth-order valence-electron chi connectivity index (χ4n) is 1.74. The summed E-state index contributed by atoms with van der Waals surface area (Å²) in [6.45, 7) is 12.5. The van der Waals surface area contributed by atoms with E-state index in [2.05, 4.69) is 58.0 Å². The van der Waals surface area contributed by atoms with Crippen molar-refractivity contribution in [2.45, 2.75) is 41.5 Å². The van der Waals surface area contributed by atoms with Gasteiger partial charge in [-0.2, -0.15) is 0 Å². The number of benzene rings is 2.